The number of ether oxygens (including phenoxy) is 1. The molecule has 0 aliphatic carbocycles. The third-order valence-electron chi connectivity index (χ3n) is 4.19. The van der Waals surface area contributed by atoms with Crippen molar-refractivity contribution in [3.05, 3.63) is 59.1 Å². The molecule has 0 radical (unpaired) electrons. The van der Waals surface area contributed by atoms with Crippen LogP contribution in [0.15, 0.2) is 48.5 Å². The smallest absolute Gasteiger partial charge is 0.249 e. The lowest BCUT2D eigenvalue weighted by Crippen LogP contribution is -2.42. The van der Waals surface area contributed by atoms with Gasteiger partial charge in [-0.2, -0.15) is 0 Å². The maximum Gasteiger partial charge on any atom is 0.249 e. The van der Waals surface area contributed by atoms with Gasteiger partial charge in [-0.1, -0.05) is 35.9 Å². The Morgan fingerprint density at radius 3 is 2.72 bits per heavy atom. The fraction of sp³-hybridized carbons (Fsp3) is 0.263. The maximum atomic E-state index is 12.5. The Morgan fingerprint density at radius 1 is 1.28 bits per heavy atom. The van der Waals surface area contributed by atoms with Crippen molar-refractivity contribution in [3.8, 4) is 5.75 Å². The predicted molar refractivity (Wildman–Crippen MR) is 97.1 cm³/mol. The maximum absolute atomic E-state index is 12.5. The second kappa shape index (κ2) is 7.57. The first-order valence-corrected chi connectivity index (χ1v) is 8.44. The Balaban J connectivity index is 1.60. The van der Waals surface area contributed by atoms with Gasteiger partial charge in [-0.3, -0.25) is 9.59 Å². The normalized spacial score (nSPS) is 16.8. The Morgan fingerprint density at radius 2 is 2.04 bits per heavy atom. The van der Waals surface area contributed by atoms with Crippen molar-refractivity contribution >= 4 is 29.1 Å². The average Bonchev–Trinajstić information content (AvgIpc) is 2.96. The van der Waals surface area contributed by atoms with Gasteiger partial charge in [0.15, 0.2) is 0 Å². The van der Waals surface area contributed by atoms with Crippen LogP contribution in [-0.2, 0) is 16.0 Å². The van der Waals surface area contributed by atoms with Gasteiger partial charge in [0.05, 0.1) is 18.6 Å². The molecule has 5 nitrogen and oxygen atoms in total. The number of nitrogens with zero attached hydrogens (tertiary/aromatic N) is 1. The second-order valence-electron chi connectivity index (χ2n) is 5.88. The van der Waals surface area contributed by atoms with Crippen LogP contribution in [0.25, 0.3) is 0 Å². The van der Waals surface area contributed by atoms with E-state index in [0.29, 0.717) is 23.7 Å². The van der Waals surface area contributed by atoms with Crippen molar-refractivity contribution in [2.75, 3.05) is 18.6 Å². The van der Waals surface area contributed by atoms with Crippen LogP contribution in [0.4, 0.5) is 5.69 Å². The molecule has 3 rings (SSSR count). The van der Waals surface area contributed by atoms with Gasteiger partial charge in [0, 0.05) is 12.2 Å². The third-order valence-corrected chi connectivity index (χ3v) is 4.48. The quantitative estimate of drug-likeness (QED) is 0.894. The molecule has 1 heterocycles. The van der Waals surface area contributed by atoms with E-state index in [4.69, 9.17) is 16.3 Å². The zero-order chi connectivity index (χ0) is 17.8. The van der Waals surface area contributed by atoms with Crippen LogP contribution in [0, 0.1) is 0 Å². The number of hydrogen-bond donors (Lipinski definition) is 1. The van der Waals surface area contributed by atoms with E-state index >= 15 is 0 Å². The molecule has 1 aliphatic rings. The van der Waals surface area contributed by atoms with Gasteiger partial charge in [0.2, 0.25) is 11.8 Å². The van der Waals surface area contributed by atoms with Gasteiger partial charge in [0.25, 0.3) is 0 Å². The summed E-state index contributed by atoms with van der Waals surface area (Å²) in [4.78, 5) is 26.5. The summed E-state index contributed by atoms with van der Waals surface area (Å²) in [6.45, 7) is 0.599. The first-order valence-electron chi connectivity index (χ1n) is 8.06. The monoisotopic (exact) mass is 358 g/mol. The van der Waals surface area contributed by atoms with Crippen LogP contribution in [0.3, 0.4) is 0 Å². The van der Waals surface area contributed by atoms with Crippen LogP contribution in [0.5, 0.6) is 5.75 Å². The fourth-order valence-corrected chi connectivity index (χ4v) is 3.21. The number of para-hydroxylation sites is 1. The predicted octanol–water partition coefficient (Wildman–Crippen LogP) is 2.81. The molecule has 1 unspecified atom stereocenters. The van der Waals surface area contributed by atoms with Crippen molar-refractivity contribution in [2.24, 2.45) is 0 Å². The van der Waals surface area contributed by atoms with Crippen molar-refractivity contribution in [3.63, 3.8) is 0 Å². The highest BCUT2D eigenvalue weighted by molar-refractivity contribution is 6.32. The van der Waals surface area contributed by atoms with Gasteiger partial charge in [-0.25, -0.2) is 0 Å². The lowest BCUT2D eigenvalue weighted by Gasteiger charge is -2.17. The molecule has 2 aromatic rings. The van der Waals surface area contributed by atoms with E-state index in [2.05, 4.69) is 5.32 Å². The Labute approximate surface area is 151 Å². The van der Waals surface area contributed by atoms with E-state index in [1.165, 1.54) is 7.11 Å². The highest BCUT2D eigenvalue weighted by Crippen LogP contribution is 2.25. The third kappa shape index (κ3) is 3.94. The van der Waals surface area contributed by atoms with E-state index in [1.807, 2.05) is 30.3 Å². The molecule has 1 aliphatic heterocycles. The summed E-state index contributed by atoms with van der Waals surface area (Å²) in [5, 5.41) is 3.28. The zero-order valence-electron chi connectivity index (χ0n) is 13.9. The van der Waals surface area contributed by atoms with Crippen molar-refractivity contribution in [1.82, 2.24) is 5.32 Å². The average molecular weight is 359 g/mol. The Hall–Kier alpha value is -2.53. The number of carbonyl (C=O) groups is 2. The number of nitrogens with one attached hydrogen (secondary N) is 1. The number of rotatable bonds is 5. The van der Waals surface area contributed by atoms with Gasteiger partial charge >= 0.3 is 0 Å². The van der Waals surface area contributed by atoms with E-state index in [9.17, 15) is 9.59 Å². The topological polar surface area (TPSA) is 58.6 Å². The molecule has 0 saturated carbocycles. The lowest BCUT2D eigenvalue weighted by atomic mass is 10.1. The molecule has 0 aromatic heterocycles. The molecule has 2 amide bonds. The van der Waals surface area contributed by atoms with Crippen molar-refractivity contribution < 1.29 is 14.3 Å². The summed E-state index contributed by atoms with van der Waals surface area (Å²) in [6, 6.07) is 14.2. The Bertz CT molecular complexity index is 779. The number of halogens is 1. The first-order chi connectivity index (χ1) is 12.1. The number of benzene rings is 2. The molecule has 2 aromatic carbocycles. The Kier molecular flexibility index (Phi) is 5.24. The van der Waals surface area contributed by atoms with Crippen LogP contribution < -0.4 is 15.0 Å². The first kappa shape index (κ1) is 17.3. The minimum absolute atomic E-state index is 0.0766. The van der Waals surface area contributed by atoms with E-state index in [0.717, 1.165) is 11.3 Å². The molecular weight excluding hydrogens is 340 g/mol. The number of anilines is 1. The fourth-order valence-electron chi connectivity index (χ4n) is 2.93. The summed E-state index contributed by atoms with van der Waals surface area (Å²) >= 11 is 6.08. The molecule has 0 spiro atoms. The summed E-state index contributed by atoms with van der Waals surface area (Å²) in [7, 11) is 1.54. The molecule has 6 heteroatoms. The van der Waals surface area contributed by atoms with Gasteiger partial charge in [0.1, 0.15) is 11.8 Å². The minimum atomic E-state index is -0.485. The lowest BCUT2D eigenvalue weighted by molar-refractivity contribution is -0.126. The number of amides is 2. The molecule has 1 atom stereocenters. The molecule has 1 saturated heterocycles. The van der Waals surface area contributed by atoms with Crippen molar-refractivity contribution in [2.45, 2.75) is 18.9 Å². The van der Waals surface area contributed by atoms with Crippen molar-refractivity contribution in [1.29, 1.82) is 0 Å². The number of methoxy groups -OCH3 is 1. The van der Waals surface area contributed by atoms with Crippen LogP contribution in [-0.4, -0.2) is 31.5 Å². The van der Waals surface area contributed by atoms with E-state index < -0.39 is 6.04 Å². The molecule has 1 N–H and O–H groups in total. The summed E-state index contributed by atoms with van der Waals surface area (Å²) in [5.41, 5.74) is 1.62. The summed E-state index contributed by atoms with van der Waals surface area (Å²) in [5.74, 6) is 0.289. The molecular formula is C19H19ClN2O3. The summed E-state index contributed by atoms with van der Waals surface area (Å²) < 4.78 is 5.10. The largest absolute Gasteiger partial charge is 0.495 e. The summed E-state index contributed by atoms with van der Waals surface area (Å²) in [6.07, 6.45) is 0.766. The van der Waals surface area contributed by atoms with Crippen LogP contribution in [0.1, 0.15) is 12.0 Å². The van der Waals surface area contributed by atoms with Gasteiger partial charge in [-0.15, -0.1) is 0 Å². The standard InChI is InChI=1S/C19H19ClN2O3/c1-25-17-8-7-13(11-15(17)20)12-18(23)21-16-9-10-22(19(16)24)14-5-3-2-4-6-14/h2-8,11,16H,9-10,12H2,1H3,(H,21,23). The molecule has 1 fully saturated rings. The van der Waals surface area contributed by atoms with Gasteiger partial charge < -0.3 is 15.0 Å². The van der Waals surface area contributed by atoms with Crippen LogP contribution in [0.2, 0.25) is 5.02 Å². The highest BCUT2D eigenvalue weighted by atomic mass is 35.5. The van der Waals surface area contributed by atoms with Gasteiger partial charge in [-0.05, 0) is 36.2 Å². The SMILES string of the molecule is COc1ccc(CC(=O)NC2CCN(c3ccccc3)C2=O)cc1Cl. The van der Waals surface area contributed by atoms with E-state index in [1.54, 1.807) is 23.1 Å². The van der Waals surface area contributed by atoms with Crippen LogP contribution >= 0.6 is 11.6 Å². The zero-order valence-corrected chi connectivity index (χ0v) is 14.6. The number of carbonyl (C=O) groups excluding carboxylic acids is 2. The molecule has 25 heavy (non-hydrogen) atoms. The molecule has 130 valence electrons. The number of hydrogen-bond acceptors (Lipinski definition) is 3. The molecule has 0 bridgehead atoms. The van der Waals surface area contributed by atoms with E-state index in [-0.39, 0.29) is 18.2 Å². The second-order valence-corrected chi connectivity index (χ2v) is 6.29. The minimum Gasteiger partial charge on any atom is -0.495 e. The highest BCUT2D eigenvalue weighted by Gasteiger charge is 2.33.